The number of hydrogen-bond donors (Lipinski definition) is 1. The summed E-state index contributed by atoms with van der Waals surface area (Å²) in [6.07, 6.45) is 1.53. The molecule has 0 saturated carbocycles. The van der Waals surface area contributed by atoms with Crippen LogP contribution in [0.3, 0.4) is 0 Å². The van der Waals surface area contributed by atoms with E-state index in [-0.39, 0.29) is 18.2 Å². The van der Waals surface area contributed by atoms with Gasteiger partial charge in [0.2, 0.25) is 0 Å². The van der Waals surface area contributed by atoms with Gasteiger partial charge >= 0.3 is 5.97 Å². The normalized spacial score (nSPS) is 11.1. The lowest BCUT2D eigenvalue weighted by atomic mass is 10.1. The second-order valence-corrected chi connectivity index (χ2v) is 5.33. The molecule has 0 unspecified atom stereocenters. The van der Waals surface area contributed by atoms with Crippen LogP contribution in [-0.2, 0) is 11.3 Å². The molecule has 7 heteroatoms. The number of carbonyl (C=O) groups is 1. The molecule has 0 aliphatic heterocycles. The van der Waals surface area contributed by atoms with Crippen LogP contribution < -0.4 is 0 Å². The summed E-state index contributed by atoms with van der Waals surface area (Å²) in [7, 11) is 0. The minimum absolute atomic E-state index is 0.0329. The lowest BCUT2D eigenvalue weighted by molar-refractivity contribution is -0.386. The number of aryl methyl sites for hydroxylation is 1. The van der Waals surface area contributed by atoms with Crippen molar-refractivity contribution in [1.29, 1.82) is 0 Å². The largest absolute Gasteiger partial charge is 0.481 e. The molecule has 0 amide bonds. The number of pyridine rings is 1. The average molecular weight is 295 g/mol. The van der Waals surface area contributed by atoms with Crippen LogP contribution in [0.1, 0.15) is 37.1 Å². The van der Waals surface area contributed by atoms with Gasteiger partial charge in [-0.1, -0.05) is 0 Å². The molecule has 1 rings (SSSR count). The fourth-order valence-electron chi connectivity index (χ4n) is 2.16. The lowest BCUT2D eigenvalue weighted by Crippen LogP contribution is -2.33. The minimum Gasteiger partial charge on any atom is -0.481 e. The van der Waals surface area contributed by atoms with E-state index in [1.807, 2.05) is 18.7 Å². The van der Waals surface area contributed by atoms with Gasteiger partial charge in [-0.25, -0.2) is 0 Å². The number of carboxylic acids is 1. The van der Waals surface area contributed by atoms with Crippen molar-refractivity contribution in [3.8, 4) is 0 Å². The Labute approximate surface area is 123 Å². The number of nitrogens with zero attached hydrogens (tertiary/aromatic N) is 3. The van der Waals surface area contributed by atoms with E-state index < -0.39 is 10.9 Å². The highest BCUT2D eigenvalue weighted by molar-refractivity contribution is 5.66. The monoisotopic (exact) mass is 295 g/mol. The van der Waals surface area contributed by atoms with Gasteiger partial charge in [0.25, 0.3) is 5.69 Å². The Morgan fingerprint density at radius 2 is 2.10 bits per heavy atom. The van der Waals surface area contributed by atoms with E-state index in [2.05, 4.69) is 4.98 Å². The van der Waals surface area contributed by atoms with Crippen molar-refractivity contribution in [1.82, 2.24) is 9.88 Å². The van der Waals surface area contributed by atoms with Gasteiger partial charge in [-0.05, 0) is 27.7 Å². The van der Waals surface area contributed by atoms with Crippen LogP contribution >= 0.6 is 0 Å². The maximum atomic E-state index is 11.1. The zero-order chi connectivity index (χ0) is 16.2. The van der Waals surface area contributed by atoms with Crippen LogP contribution in [0.2, 0.25) is 0 Å². The van der Waals surface area contributed by atoms with E-state index in [1.54, 1.807) is 13.8 Å². The van der Waals surface area contributed by atoms with Gasteiger partial charge in [0.1, 0.15) is 0 Å². The van der Waals surface area contributed by atoms with E-state index in [4.69, 9.17) is 5.11 Å². The third-order valence-electron chi connectivity index (χ3n) is 3.45. The van der Waals surface area contributed by atoms with Crippen LogP contribution in [0.4, 0.5) is 5.69 Å². The molecule has 0 spiro atoms. The molecule has 1 aromatic rings. The third kappa shape index (κ3) is 4.49. The quantitative estimate of drug-likeness (QED) is 0.612. The summed E-state index contributed by atoms with van der Waals surface area (Å²) < 4.78 is 0. The van der Waals surface area contributed by atoms with Gasteiger partial charge in [-0.3, -0.25) is 24.8 Å². The van der Waals surface area contributed by atoms with E-state index >= 15 is 0 Å². The molecule has 1 heterocycles. The SMILES string of the molecule is Cc1cnc(CN(CCC(=O)O)C(C)C)c(C)c1[N+](=O)[O-]. The van der Waals surface area contributed by atoms with Gasteiger partial charge in [0, 0.05) is 36.5 Å². The topological polar surface area (TPSA) is 96.6 Å². The Kier molecular flexibility index (Phi) is 5.78. The van der Waals surface area contributed by atoms with E-state index in [9.17, 15) is 14.9 Å². The standard InChI is InChI=1S/C14H21N3O4/c1-9(2)16(6-5-13(18)19)8-12-11(4)14(17(20)21)10(3)7-15-12/h7,9H,5-6,8H2,1-4H3,(H,18,19). The predicted molar refractivity (Wildman–Crippen MR) is 78.2 cm³/mol. The Hall–Kier alpha value is -2.02. The summed E-state index contributed by atoms with van der Waals surface area (Å²) in [5, 5.41) is 19.9. The zero-order valence-electron chi connectivity index (χ0n) is 12.8. The van der Waals surface area contributed by atoms with Gasteiger partial charge < -0.3 is 5.11 Å². The Balaban J connectivity index is 3.01. The highest BCUT2D eigenvalue weighted by atomic mass is 16.6. The Morgan fingerprint density at radius 3 is 2.57 bits per heavy atom. The van der Waals surface area contributed by atoms with Crippen molar-refractivity contribution >= 4 is 11.7 Å². The average Bonchev–Trinajstić information content (AvgIpc) is 2.35. The summed E-state index contributed by atoms with van der Waals surface area (Å²) in [4.78, 5) is 27.6. The maximum absolute atomic E-state index is 11.1. The molecule has 7 nitrogen and oxygen atoms in total. The van der Waals surface area contributed by atoms with Crippen molar-refractivity contribution in [2.24, 2.45) is 0 Å². The van der Waals surface area contributed by atoms with Crippen molar-refractivity contribution in [2.75, 3.05) is 6.54 Å². The maximum Gasteiger partial charge on any atom is 0.304 e. The van der Waals surface area contributed by atoms with Crippen molar-refractivity contribution in [2.45, 2.75) is 46.7 Å². The first kappa shape index (κ1) is 17.0. The number of nitro groups is 1. The highest BCUT2D eigenvalue weighted by Gasteiger charge is 2.21. The molecular formula is C14H21N3O4. The van der Waals surface area contributed by atoms with Gasteiger partial charge in [0.05, 0.1) is 17.0 Å². The molecule has 0 fully saturated rings. The Morgan fingerprint density at radius 1 is 1.48 bits per heavy atom. The molecule has 0 aliphatic carbocycles. The minimum atomic E-state index is -0.861. The molecule has 1 N–H and O–H groups in total. The number of aromatic nitrogens is 1. The second kappa shape index (κ2) is 7.12. The van der Waals surface area contributed by atoms with Crippen molar-refractivity contribution < 1.29 is 14.8 Å². The van der Waals surface area contributed by atoms with E-state index in [0.717, 1.165) is 0 Å². The highest BCUT2D eigenvalue weighted by Crippen LogP contribution is 2.25. The fourth-order valence-corrected chi connectivity index (χ4v) is 2.16. The van der Waals surface area contributed by atoms with Crippen molar-refractivity contribution in [3.05, 3.63) is 33.1 Å². The number of hydrogen-bond acceptors (Lipinski definition) is 5. The van der Waals surface area contributed by atoms with Crippen molar-refractivity contribution in [3.63, 3.8) is 0 Å². The first-order valence-electron chi connectivity index (χ1n) is 6.79. The van der Waals surface area contributed by atoms with Gasteiger partial charge in [-0.2, -0.15) is 0 Å². The molecule has 0 atom stereocenters. The molecule has 0 aromatic carbocycles. The number of aliphatic carboxylic acids is 1. The number of carboxylic acid groups (broad SMARTS) is 1. The summed E-state index contributed by atoms with van der Waals surface area (Å²) in [5.41, 5.74) is 1.78. The van der Waals surface area contributed by atoms with E-state index in [0.29, 0.717) is 29.9 Å². The first-order chi connectivity index (χ1) is 9.73. The fraction of sp³-hybridized carbons (Fsp3) is 0.571. The van der Waals surface area contributed by atoms with Gasteiger partial charge in [0.15, 0.2) is 0 Å². The summed E-state index contributed by atoms with van der Waals surface area (Å²) >= 11 is 0. The number of rotatable bonds is 7. The van der Waals surface area contributed by atoms with Crippen LogP contribution in [-0.4, -0.2) is 38.5 Å². The molecule has 116 valence electrons. The second-order valence-electron chi connectivity index (χ2n) is 5.33. The van der Waals surface area contributed by atoms with Crippen LogP contribution in [0.5, 0.6) is 0 Å². The van der Waals surface area contributed by atoms with Crippen LogP contribution in [0.15, 0.2) is 6.20 Å². The van der Waals surface area contributed by atoms with Crippen LogP contribution in [0, 0.1) is 24.0 Å². The molecule has 21 heavy (non-hydrogen) atoms. The zero-order valence-corrected chi connectivity index (χ0v) is 12.8. The predicted octanol–water partition coefficient (Wildman–Crippen LogP) is 2.29. The molecular weight excluding hydrogens is 274 g/mol. The first-order valence-corrected chi connectivity index (χ1v) is 6.79. The molecule has 0 radical (unpaired) electrons. The molecule has 0 saturated heterocycles. The summed E-state index contributed by atoms with van der Waals surface area (Å²) in [6.45, 7) is 8.04. The molecule has 0 bridgehead atoms. The molecule has 1 aromatic heterocycles. The smallest absolute Gasteiger partial charge is 0.304 e. The Bertz CT molecular complexity index is 543. The summed E-state index contributed by atoms with van der Waals surface area (Å²) in [6, 6.07) is 0.130. The van der Waals surface area contributed by atoms with E-state index in [1.165, 1.54) is 6.20 Å². The summed E-state index contributed by atoms with van der Waals surface area (Å²) in [5.74, 6) is -0.861. The lowest BCUT2D eigenvalue weighted by Gasteiger charge is -2.26. The third-order valence-corrected chi connectivity index (χ3v) is 3.45. The van der Waals surface area contributed by atoms with Gasteiger partial charge in [-0.15, -0.1) is 0 Å². The molecule has 0 aliphatic rings. The van der Waals surface area contributed by atoms with Crippen LogP contribution in [0.25, 0.3) is 0 Å².